The first-order valence-electron chi connectivity index (χ1n) is 9.32. The van der Waals surface area contributed by atoms with Gasteiger partial charge in [0.1, 0.15) is 0 Å². The molecule has 1 amide bonds. The third-order valence-corrected chi connectivity index (χ3v) is 5.75. The first-order valence-corrected chi connectivity index (χ1v) is 9.32. The summed E-state index contributed by atoms with van der Waals surface area (Å²) in [6.45, 7) is 20.3. The molecule has 2 rings (SSSR count). The van der Waals surface area contributed by atoms with Crippen LogP contribution in [-0.4, -0.2) is 72.0 Å². The Morgan fingerprint density at radius 3 is 1.83 bits per heavy atom. The van der Waals surface area contributed by atoms with E-state index < -0.39 is 0 Å². The van der Waals surface area contributed by atoms with E-state index in [2.05, 4.69) is 56.2 Å². The van der Waals surface area contributed by atoms with Crippen LogP contribution in [0.2, 0.25) is 0 Å². The van der Waals surface area contributed by atoms with E-state index in [1.165, 1.54) is 12.8 Å². The molecule has 0 bridgehead atoms. The number of hydrogen-bond acceptors (Lipinski definition) is 3. The Labute approximate surface area is 143 Å². The first-order chi connectivity index (χ1) is 10.6. The average Bonchev–Trinajstić information content (AvgIpc) is 2.46. The second-order valence-electron chi connectivity index (χ2n) is 9.46. The first kappa shape index (κ1) is 18.7. The fourth-order valence-corrected chi connectivity index (χ4v) is 3.88. The molecule has 0 aromatic carbocycles. The van der Waals surface area contributed by atoms with Crippen molar-refractivity contribution in [3.05, 3.63) is 0 Å². The zero-order chi connectivity index (χ0) is 17.3. The molecule has 2 aliphatic rings. The third-order valence-electron chi connectivity index (χ3n) is 5.75. The lowest BCUT2D eigenvalue weighted by atomic mass is 9.75. The van der Waals surface area contributed by atoms with Crippen LogP contribution in [0.4, 0.5) is 0 Å². The van der Waals surface area contributed by atoms with Crippen molar-refractivity contribution in [2.24, 2.45) is 11.3 Å². The smallest absolute Gasteiger partial charge is 0.236 e. The third kappa shape index (κ3) is 5.18. The number of piperidine rings is 1. The van der Waals surface area contributed by atoms with Gasteiger partial charge in [-0.15, -0.1) is 0 Å². The van der Waals surface area contributed by atoms with E-state index in [0.29, 0.717) is 17.9 Å². The molecular weight excluding hydrogens is 286 g/mol. The van der Waals surface area contributed by atoms with Gasteiger partial charge in [-0.05, 0) is 58.0 Å². The largest absolute Gasteiger partial charge is 0.339 e. The molecule has 4 heteroatoms. The molecule has 0 N–H and O–H groups in total. The maximum absolute atomic E-state index is 12.6. The molecule has 23 heavy (non-hydrogen) atoms. The lowest BCUT2D eigenvalue weighted by Crippen LogP contribution is -2.56. The van der Waals surface area contributed by atoms with Crippen LogP contribution in [0.5, 0.6) is 0 Å². The van der Waals surface area contributed by atoms with Gasteiger partial charge in [0.25, 0.3) is 0 Å². The van der Waals surface area contributed by atoms with Crippen molar-refractivity contribution >= 4 is 5.91 Å². The standard InChI is InChI=1S/C19H37N3O/c1-18(2,3)16-7-9-20(10-8-16)15-17(23)21-11-13-22(14-12-21)19(4,5)6/h16H,7-15H2,1-6H3. The van der Waals surface area contributed by atoms with Crippen molar-refractivity contribution in [2.75, 3.05) is 45.8 Å². The fraction of sp³-hybridized carbons (Fsp3) is 0.947. The minimum Gasteiger partial charge on any atom is -0.339 e. The molecule has 0 saturated carbocycles. The van der Waals surface area contributed by atoms with Gasteiger partial charge in [0.15, 0.2) is 0 Å². The van der Waals surface area contributed by atoms with Gasteiger partial charge in [-0.3, -0.25) is 14.6 Å². The molecule has 2 fully saturated rings. The summed E-state index contributed by atoms with van der Waals surface area (Å²) >= 11 is 0. The topological polar surface area (TPSA) is 26.8 Å². The van der Waals surface area contributed by atoms with Gasteiger partial charge in [0.2, 0.25) is 5.91 Å². The molecular formula is C19H37N3O. The van der Waals surface area contributed by atoms with Crippen LogP contribution in [0, 0.1) is 11.3 Å². The molecule has 0 unspecified atom stereocenters. The molecule has 134 valence electrons. The van der Waals surface area contributed by atoms with Crippen LogP contribution in [0.1, 0.15) is 54.4 Å². The van der Waals surface area contributed by atoms with Gasteiger partial charge >= 0.3 is 0 Å². The quantitative estimate of drug-likeness (QED) is 0.782. The normalized spacial score (nSPS) is 23.3. The van der Waals surface area contributed by atoms with E-state index in [4.69, 9.17) is 0 Å². The number of likely N-dealkylation sites (tertiary alicyclic amines) is 1. The molecule has 2 aliphatic heterocycles. The summed E-state index contributed by atoms with van der Waals surface area (Å²) in [5, 5.41) is 0. The van der Waals surface area contributed by atoms with E-state index in [1.807, 2.05) is 0 Å². The van der Waals surface area contributed by atoms with E-state index in [9.17, 15) is 4.79 Å². The summed E-state index contributed by atoms with van der Waals surface area (Å²) in [7, 11) is 0. The zero-order valence-corrected chi connectivity index (χ0v) is 16.2. The van der Waals surface area contributed by atoms with Gasteiger partial charge in [-0.1, -0.05) is 20.8 Å². The van der Waals surface area contributed by atoms with Crippen molar-refractivity contribution in [3.63, 3.8) is 0 Å². The van der Waals surface area contributed by atoms with Crippen LogP contribution in [0.3, 0.4) is 0 Å². The molecule has 2 heterocycles. The molecule has 0 atom stereocenters. The number of carbonyl (C=O) groups is 1. The number of carbonyl (C=O) groups excluding carboxylic acids is 1. The maximum Gasteiger partial charge on any atom is 0.236 e. The highest BCUT2D eigenvalue weighted by molar-refractivity contribution is 5.78. The molecule has 0 aromatic heterocycles. The molecule has 2 saturated heterocycles. The van der Waals surface area contributed by atoms with Crippen molar-refractivity contribution in [1.29, 1.82) is 0 Å². The number of nitrogens with zero attached hydrogens (tertiary/aromatic N) is 3. The molecule has 0 aromatic rings. The number of amides is 1. The van der Waals surface area contributed by atoms with E-state index in [-0.39, 0.29) is 5.54 Å². The van der Waals surface area contributed by atoms with Gasteiger partial charge < -0.3 is 4.90 Å². The molecule has 0 radical (unpaired) electrons. The zero-order valence-electron chi connectivity index (χ0n) is 16.2. The molecule has 0 spiro atoms. The van der Waals surface area contributed by atoms with Gasteiger partial charge in [0, 0.05) is 31.7 Å². The summed E-state index contributed by atoms with van der Waals surface area (Å²) in [6.07, 6.45) is 2.46. The number of piperazine rings is 1. The summed E-state index contributed by atoms with van der Waals surface area (Å²) in [6, 6.07) is 0. The Balaban J connectivity index is 1.74. The Morgan fingerprint density at radius 2 is 1.39 bits per heavy atom. The Kier molecular flexibility index (Phi) is 5.78. The summed E-state index contributed by atoms with van der Waals surface area (Å²) in [5.41, 5.74) is 0.614. The second kappa shape index (κ2) is 7.10. The predicted octanol–water partition coefficient (Wildman–Crippen LogP) is 2.69. The van der Waals surface area contributed by atoms with Gasteiger partial charge in [-0.25, -0.2) is 0 Å². The van der Waals surface area contributed by atoms with E-state index in [0.717, 1.165) is 45.2 Å². The average molecular weight is 324 g/mol. The van der Waals surface area contributed by atoms with Crippen molar-refractivity contribution in [3.8, 4) is 0 Å². The number of hydrogen-bond donors (Lipinski definition) is 0. The van der Waals surface area contributed by atoms with Crippen molar-refractivity contribution < 1.29 is 4.79 Å². The second-order valence-corrected chi connectivity index (χ2v) is 9.46. The van der Waals surface area contributed by atoms with E-state index in [1.54, 1.807) is 0 Å². The van der Waals surface area contributed by atoms with Crippen LogP contribution in [-0.2, 0) is 4.79 Å². The minimum absolute atomic E-state index is 0.212. The Morgan fingerprint density at radius 1 is 0.870 bits per heavy atom. The highest BCUT2D eigenvalue weighted by Crippen LogP contribution is 2.34. The van der Waals surface area contributed by atoms with Crippen LogP contribution < -0.4 is 0 Å². The molecule has 0 aliphatic carbocycles. The van der Waals surface area contributed by atoms with Crippen LogP contribution >= 0.6 is 0 Å². The fourth-order valence-electron chi connectivity index (χ4n) is 3.88. The van der Waals surface area contributed by atoms with Gasteiger partial charge in [0.05, 0.1) is 6.54 Å². The summed E-state index contributed by atoms with van der Waals surface area (Å²) in [5.74, 6) is 1.12. The SMILES string of the molecule is CC(C)(C)C1CCN(CC(=O)N2CCN(C(C)(C)C)CC2)CC1. The Bertz CT molecular complexity index is 392. The number of rotatable bonds is 2. The highest BCUT2D eigenvalue weighted by atomic mass is 16.2. The van der Waals surface area contributed by atoms with Crippen LogP contribution in [0.15, 0.2) is 0 Å². The van der Waals surface area contributed by atoms with Crippen LogP contribution in [0.25, 0.3) is 0 Å². The van der Waals surface area contributed by atoms with E-state index >= 15 is 0 Å². The van der Waals surface area contributed by atoms with Gasteiger partial charge in [-0.2, -0.15) is 0 Å². The minimum atomic E-state index is 0.212. The molecule has 4 nitrogen and oxygen atoms in total. The lowest BCUT2D eigenvalue weighted by molar-refractivity contribution is -0.135. The summed E-state index contributed by atoms with van der Waals surface area (Å²) in [4.78, 5) is 19.5. The van der Waals surface area contributed by atoms with Crippen molar-refractivity contribution in [1.82, 2.24) is 14.7 Å². The van der Waals surface area contributed by atoms with Crippen molar-refractivity contribution in [2.45, 2.75) is 59.9 Å². The maximum atomic E-state index is 12.6. The Hall–Kier alpha value is -0.610. The lowest BCUT2D eigenvalue weighted by Gasteiger charge is -2.43. The predicted molar refractivity (Wildman–Crippen MR) is 96.5 cm³/mol. The monoisotopic (exact) mass is 323 g/mol. The summed E-state index contributed by atoms with van der Waals surface area (Å²) < 4.78 is 0. The highest BCUT2D eigenvalue weighted by Gasteiger charge is 2.31.